The van der Waals surface area contributed by atoms with Crippen molar-refractivity contribution in [2.45, 2.75) is 0 Å². The highest BCUT2D eigenvalue weighted by atomic mass is 16.5. The number of benzene rings is 1. The molecule has 19 heavy (non-hydrogen) atoms. The summed E-state index contributed by atoms with van der Waals surface area (Å²) in [6.45, 7) is 0. The van der Waals surface area contributed by atoms with Gasteiger partial charge in [-0.05, 0) is 18.2 Å². The highest BCUT2D eigenvalue weighted by molar-refractivity contribution is 5.92. The van der Waals surface area contributed by atoms with Crippen LogP contribution in [-0.2, 0) is 0 Å². The lowest BCUT2D eigenvalue weighted by Gasteiger charge is -2.08. The van der Waals surface area contributed by atoms with Crippen molar-refractivity contribution in [1.82, 2.24) is 10.3 Å². The van der Waals surface area contributed by atoms with Crippen LogP contribution >= 0.6 is 0 Å². The minimum atomic E-state index is -0.296. The lowest BCUT2D eigenvalue weighted by Crippen LogP contribution is -2.18. The summed E-state index contributed by atoms with van der Waals surface area (Å²) in [6.07, 6.45) is 1.48. The van der Waals surface area contributed by atoms with E-state index < -0.39 is 0 Å². The van der Waals surface area contributed by atoms with Gasteiger partial charge in [-0.25, -0.2) is 0 Å². The zero-order valence-corrected chi connectivity index (χ0v) is 10.3. The number of aromatic nitrogens is 1. The van der Waals surface area contributed by atoms with Crippen molar-refractivity contribution in [3.63, 3.8) is 0 Å². The van der Waals surface area contributed by atoms with Gasteiger partial charge >= 0.3 is 0 Å². The lowest BCUT2D eigenvalue weighted by molar-refractivity contribution is 0.0958. The number of hydrogen-bond acceptors (Lipinski definition) is 5. The van der Waals surface area contributed by atoms with E-state index in [2.05, 4.69) is 10.3 Å². The van der Waals surface area contributed by atoms with Gasteiger partial charge in [0.1, 0.15) is 22.9 Å². The molecule has 0 aliphatic heterocycles. The van der Waals surface area contributed by atoms with Crippen LogP contribution < -0.4 is 15.8 Å². The first-order chi connectivity index (χ1) is 9.10. The zero-order chi connectivity index (χ0) is 13.8. The van der Waals surface area contributed by atoms with E-state index in [0.29, 0.717) is 11.5 Å². The molecule has 6 nitrogen and oxygen atoms in total. The van der Waals surface area contributed by atoms with Crippen molar-refractivity contribution < 1.29 is 14.6 Å². The van der Waals surface area contributed by atoms with Crippen LogP contribution in [0.1, 0.15) is 10.5 Å². The van der Waals surface area contributed by atoms with Gasteiger partial charge < -0.3 is 20.9 Å². The number of nitrogen functional groups attached to an aromatic ring is 1. The summed E-state index contributed by atoms with van der Waals surface area (Å²) in [6, 6.07) is 7.64. The molecule has 0 fully saturated rings. The van der Waals surface area contributed by atoms with E-state index in [-0.39, 0.29) is 23.0 Å². The number of carbonyl (C=O) groups is 1. The molecule has 1 amide bonds. The summed E-state index contributed by atoms with van der Waals surface area (Å²) in [5.41, 5.74) is 6.04. The fourth-order valence-corrected chi connectivity index (χ4v) is 1.46. The minimum Gasteiger partial charge on any atom is -0.506 e. The second-order valence-electron chi connectivity index (χ2n) is 3.78. The van der Waals surface area contributed by atoms with Crippen LogP contribution in [-0.4, -0.2) is 23.0 Å². The summed E-state index contributed by atoms with van der Waals surface area (Å²) in [5.74, 6) is 0.617. The maximum Gasteiger partial charge on any atom is 0.269 e. The number of rotatable bonds is 3. The molecule has 0 radical (unpaired) electrons. The monoisotopic (exact) mass is 259 g/mol. The van der Waals surface area contributed by atoms with E-state index in [1.54, 1.807) is 12.1 Å². The van der Waals surface area contributed by atoms with E-state index in [0.717, 1.165) is 0 Å². The highest BCUT2D eigenvalue weighted by Crippen LogP contribution is 2.28. The second-order valence-corrected chi connectivity index (χ2v) is 3.78. The number of ether oxygens (including phenoxy) is 1. The van der Waals surface area contributed by atoms with Crippen molar-refractivity contribution in [3.05, 3.63) is 42.2 Å². The molecule has 2 rings (SSSR count). The number of anilines is 1. The molecule has 0 unspecified atom stereocenters. The number of phenols is 1. The summed E-state index contributed by atoms with van der Waals surface area (Å²) < 4.78 is 5.54. The number of pyridine rings is 1. The minimum absolute atomic E-state index is 0.00636. The number of carbonyl (C=O) groups excluding carboxylic acids is 1. The largest absolute Gasteiger partial charge is 0.506 e. The van der Waals surface area contributed by atoms with Crippen LogP contribution in [0.5, 0.6) is 17.2 Å². The maximum atomic E-state index is 11.4. The van der Waals surface area contributed by atoms with Gasteiger partial charge in [0.15, 0.2) is 0 Å². The Kier molecular flexibility index (Phi) is 3.51. The fraction of sp³-hybridized carbons (Fsp3) is 0.0769. The van der Waals surface area contributed by atoms with Gasteiger partial charge in [0, 0.05) is 25.4 Å². The number of phenolic OH excluding ortho intramolecular Hbond substituents is 1. The van der Waals surface area contributed by atoms with E-state index in [4.69, 9.17) is 10.5 Å². The third-order valence-corrected chi connectivity index (χ3v) is 2.43. The van der Waals surface area contributed by atoms with E-state index in [9.17, 15) is 9.90 Å². The van der Waals surface area contributed by atoms with Crippen molar-refractivity contribution in [1.29, 1.82) is 0 Å². The molecular weight excluding hydrogens is 246 g/mol. The number of aromatic hydroxyl groups is 1. The number of nitrogens with two attached hydrogens (primary N) is 1. The van der Waals surface area contributed by atoms with Gasteiger partial charge in [-0.3, -0.25) is 9.78 Å². The molecule has 1 heterocycles. The Balaban J connectivity index is 2.23. The third-order valence-electron chi connectivity index (χ3n) is 2.43. The average molecular weight is 259 g/mol. The Hall–Kier alpha value is -2.76. The fourth-order valence-electron chi connectivity index (χ4n) is 1.46. The molecule has 98 valence electrons. The first kappa shape index (κ1) is 12.7. The van der Waals surface area contributed by atoms with Crippen LogP contribution in [0.2, 0.25) is 0 Å². The van der Waals surface area contributed by atoms with E-state index >= 15 is 0 Å². The molecule has 6 heteroatoms. The molecule has 0 saturated carbocycles. The molecule has 1 aromatic carbocycles. The Bertz CT molecular complexity index is 614. The number of nitrogens with one attached hydrogen (secondary N) is 1. The van der Waals surface area contributed by atoms with Gasteiger partial charge in [0.25, 0.3) is 5.91 Å². The van der Waals surface area contributed by atoms with Gasteiger partial charge in [-0.15, -0.1) is 0 Å². The molecule has 0 atom stereocenters. The SMILES string of the molecule is CNC(=O)c1cc(Oc2ccc(O)c(N)c2)ccn1. The zero-order valence-electron chi connectivity index (χ0n) is 10.3. The number of hydrogen-bond donors (Lipinski definition) is 3. The Morgan fingerprint density at radius 3 is 2.74 bits per heavy atom. The van der Waals surface area contributed by atoms with Crippen LogP contribution in [0.3, 0.4) is 0 Å². The van der Waals surface area contributed by atoms with Gasteiger partial charge in [-0.2, -0.15) is 0 Å². The Morgan fingerprint density at radius 1 is 1.32 bits per heavy atom. The predicted molar refractivity (Wildman–Crippen MR) is 70.2 cm³/mol. The molecule has 0 bridgehead atoms. The van der Waals surface area contributed by atoms with Crippen LogP contribution in [0.15, 0.2) is 36.5 Å². The molecule has 0 spiro atoms. The van der Waals surface area contributed by atoms with E-state index in [1.165, 1.54) is 31.4 Å². The maximum absolute atomic E-state index is 11.4. The first-order valence-electron chi connectivity index (χ1n) is 5.54. The second kappa shape index (κ2) is 5.26. The topological polar surface area (TPSA) is 97.5 Å². The van der Waals surface area contributed by atoms with Crippen molar-refractivity contribution in [2.24, 2.45) is 0 Å². The Labute approximate surface area is 109 Å². The number of amides is 1. The number of nitrogens with zero attached hydrogens (tertiary/aromatic N) is 1. The van der Waals surface area contributed by atoms with Crippen LogP contribution in [0.25, 0.3) is 0 Å². The van der Waals surface area contributed by atoms with Crippen LogP contribution in [0.4, 0.5) is 5.69 Å². The molecule has 4 N–H and O–H groups in total. The van der Waals surface area contributed by atoms with Gasteiger partial charge in [0.05, 0.1) is 5.69 Å². The molecule has 1 aromatic heterocycles. The molecule has 0 aliphatic rings. The standard InChI is InChI=1S/C13H13N3O3/c1-15-13(18)11-7-9(4-5-16-11)19-8-2-3-12(17)10(14)6-8/h2-7,17H,14H2,1H3,(H,15,18). The molecule has 0 saturated heterocycles. The van der Waals surface area contributed by atoms with E-state index in [1.807, 2.05) is 0 Å². The summed E-state index contributed by atoms with van der Waals surface area (Å²) in [4.78, 5) is 15.4. The predicted octanol–water partition coefficient (Wildman–Crippen LogP) is 1.52. The van der Waals surface area contributed by atoms with Gasteiger partial charge in [0.2, 0.25) is 0 Å². The Morgan fingerprint density at radius 2 is 2.05 bits per heavy atom. The molecular formula is C13H13N3O3. The first-order valence-corrected chi connectivity index (χ1v) is 5.54. The van der Waals surface area contributed by atoms with Crippen molar-refractivity contribution in [3.8, 4) is 17.2 Å². The van der Waals surface area contributed by atoms with Gasteiger partial charge in [-0.1, -0.05) is 0 Å². The van der Waals surface area contributed by atoms with Crippen LogP contribution in [0, 0.1) is 0 Å². The molecule has 2 aromatic rings. The summed E-state index contributed by atoms with van der Waals surface area (Å²) in [7, 11) is 1.53. The highest BCUT2D eigenvalue weighted by Gasteiger charge is 2.07. The van der Waals surface area contributed by atoms with Crippen molar-refractivity contribution >= 4 is 11.6 Å². The smallest absolute Gasteiger partial charge is 0.269 e. The third kappa shape index (κ3) is 2.92. The quantitative estimate of drug-likeness (QED) is 0.573. The average Bonchev–Trinajstić information content (AvgIpc) is 2.42. The lowest BCUT2D eigenvalue weighted by atomic mass is 10.3. The normalized spacial score (nSPS) is 9.95. The summed E-state index contributed by atoms with van der Waals surface area (Å²) >= 11 is 0. The van der Waals surface area contributed by atoms with Crippen molar-refractivity contribution in [2.75, 3.05) is 12.8 Å². The molecule has 0 aliphatic carbocycles. The summed E-state index contributed by atoms with van der Waals surface area (Å²) in [5, 5.41) is 11.8.